The number of nitrogens with one attached hydrogen (secondary N) is 1. The number of aromatic hydroxyl groups is 1. The third kappa shape index (κ3) is 3.57. The highest BCUT2D eigenvalue weighted by atomic mass is 19.4. The fraction of sp³-hybridized carbons (Fsp3) is 0.0667. The fourth-order valence-electron chi connectivity index (χ4n) is 1.95. The number of nitrogens with zero attached hydrogens (tertiary/aromatic N) is 4. The Morgan fingerprint density at radius 1 is 0.917 bits per heavy atom. The van der Waals surface area contributed by atoms with Gasteiger partial charge < -0.3 is 10.4 Å². The highest BCUT2D eigenvalue weighted by Crippen LogP contribution is 2.30. The Morgan fingerprint density at radius 2 is 1.67 bits per heavy atom. The van der Waals surface area contributed by atoms with Crippen LogP contribution in [0.1, 0.15) is 5.56 Å². The Balaban J connectivity index is 1.88. The molecule has 3 heterocycles. The van der Waals surface area contributed by atoms with Crippen LogP contribution in [-0.2, 0) is 6.18 Å². The number of halogens is 3. The molecule has 0 aliphatic heterocycles. The summed E-state index contributed by atoms with van der Waals surface area (Å²) in [6.45, 7) is 0. The Morgan fingerprint density at radius 3 is 2.42 bits per heavy atom. The van der Waals surface area contributed by atoms with Crippen LogP contribution in [0, 0.1) is 0 Å². The second-order valence-corrected chi connectivity index (χ2v) is 4.72. The van der Waals surface area contributed by atoms with Crippen LogP contribution in [-0.4, -0.2) is 25.0 Å². The van der Waals surface area contributed by atoms with Gasteiger partial charge in [0.2, 0.25) is 11.8 Å². The predicted molar refractivity (Wildman–Crippen MR) is 79.4 cm³/mol. The Labute approximate surface area is 134 Å². The molecule has 3 aromatic rings. The highest BCUT2D eigenvalue weighted by Gasteiger charge is 2.30. The van der Waals surface area contributed by atoms with Gasteiger partial charge in [-0.25, -0.2) is 19.9 Å². The number of alkyl halides is 3. The van der Waals surface area contributed by atoms with E-state index in [0.717, 1.165) is 18.3 Å². The number of hydrogen-bond donors (Lipinski definition) is 2. The molecule has 0 radical (unpaired) electrons. The summed E-state index contributed by atoms with van der Waals surface area (Å²) in [5.74, 6) is -0.115. The molecule has 0 aromatic carbocycles. The molecule has 0 saturated heterocycles. The molecule has 0 fully saturated rings. The number of aromatic nitrogens is 4. The summed E-state index contributed by atoms with van der Waals surface area (Å²) in [6, 6.07) is 6.39. The molecule has 122 valence electrons. The zero-order valence-electron chi connectivity index (χ0n) is 12.0. The van der Waals surface area contributed by atoms with Gasteiger partial charge in [-0.3, -0.25) is 0 Å². The van der Waals surface area contributed by atoms with Crippen molar-refractivity contribution in [1.29, 1.82) is 0 Å². The lowest BCUT2D eigenvalue weighted by Crippen LogP contribution is -2.07. The summed E-state index contributed by atoms with van der Waals surface area (Å²) in [4.78, 5) is 15.6. The maximum Gasteiger partial charge on any atom is 0.416 e. The van der Waals surface area contributed by atoms with E-state index in [-0.39, 0.29) is 17.6 Å². The number of pyridine rings is 2. The van der Waals surface area contributed by atoms with Crippen molar-refractivity contribution in [2.75, 3.05) is 5.32 Å². The first kappa shape index (κ1) is 15.7. The van der Waals surface area contributed by atoms with E-state index >= 15 is 0 Å². The van der Waals surface area contributed by atoms with Gasteiger partial charge in [0.15, 0.2) is 0 Å². The van der Waals surface area contributed by atoms with Gasteiger partial charge in [-0.2, -0.15) is 13.2 Å². The number of anilines is 2. The van der Waals surface area contributed by atoms with E-state index in [1.165, 1.54) is 18.5 Å². The second kappa shape index (κ2) is 6.11. The molecule has 0 amide bonds. The molecule has 0 aliphatic rings. The van der Waals surface area contributed by atoms with Gasteiger partial charge in [0.25, 0.3) is 0 Å². The first-order valence-corrected chi connectivity index (χ1v) is 6.70. The molecule has 0 spiro atoms. The fourth-order valence-corrected chi connectivity index (χ4v) is 1.95. The van der Waals surface area contributed by atoms with Crippen molar-refractivity contribution >= 4 is 11.8 Å². The lowest BCUT2D eigenvalue weighted by atomic mass is 10.2. The van der Waals surface area contributed by atoms with E-state index in [0.29, 0.717) is 11.3 Å². The van der Waals surface area contributed by atoms with Crippen molar-refractivity contribution in [1.82, 2.24) is 19.9 Å². The van der Waals surface area contributed by atoms with Gasteiger partial charge in [-0.15, -0.1) is 0 Å². The van der Waals surface area contributed by atoms with Crippen molar-refractivity contribution in [3.63, 3.8) is 0 Å². The molecule has 0 atom stereocenters. The lowest BCUT2D eigenvalue weighted by molar-refractivity contribution is -0.137. The summed E-state index contributed by atoms with van der Waals surface area (Å²) >= 11 is 0. The zero-order valence-corrected chi connectivity index (χ0v) is 12.0. The summed E-state index contributed by atoms with van der Waals surface area (Å²) in [6.07, 6.45) is -0.559. The molecule has 0 unspecified atom stereocenters. The average molecular weight is 333 g/mol. The maximum atomic E-state index is 12.7. The molecule has 24 heavy (non-hydrogen) atoms. The van der Waals surface area contributed by atoms with Gasteiger partial charge >= 0.3 is 6.18 Å². The van der Waals surface area contributed by atoms with E-state index in [1.54, 1.807) is 12.1 Å². The monoisotopic (exact) mass is 333 g/mol. The largest absolute Gasteiger partial charge is 0.493 e. The summed E-state index contributed by atoms with van der Waals surface area (Å²) < 4.78 is 38.1. The zero-order chi connectivity index (χ0) is 17.2. The van der Waals surface area contributed by atoms with Crippen LogP contribution in [0.3, 0.4) is 0 Å². The molecular formula is C15H10F3N5O. The van der Waals surface area contributed by atoms with Crippen LogP contribution in [0.2, 0.25) is 0 Å². The van der Waals surface area contributed by atoms with Crippen LogP contribution in [0.4, 0.5) is 24.9 Å². The first-order valence-electron chi connectivity index (χ1n) is 6.70. The minimum Gasteiger partial charge on any atom is -0.493 e. The molecule has 9 heteroatoms. The smallest absolute Gasteiger partial charge is 0.416 e. The van der Waals surface area contributed by atoms with Crippen LogP contribution in [0.5, 0.6) is 5.88 Å². The van der Waals surface area contributed by atoms with E-state index in [1.807, 2.05) is 0 Å². The average Bonchev–Trinajstić information content (AvgIpc) is 2.55. The Kier molecular flexibility index (Phi) is 3.98. The summed E-state index contributed by atoms with van der Waals surface area (Å²) in [7, 11) is 0. The van der Waals surface area contributed by atoms with Crippen LogP contribution in [0.25, 0.3) is 11.3 Å². The molecule has 0 bridgehead atoms. The van der Waals surface area contributed by atoms with Crippen molar-refractivity contribution in [3.8, 4) is 17.1 Å². The first-order chi connectivity index (χ1) is 11.4. The predicted octanol–water partition coefficient (Wildman–Crippen LogP) is 3.40. The second-order valence-electron chi connectivity index (χ2n) is 4.72. The number of hydrogen-bond acceptors (Lipinski definition) is 6. The summed E-state index contributed by atoms with van der Waals surface area (Å²) in [5.41, 5.74) is 0.234. The van der Waals surface area contributed by atoms with Crippen LogP contribution in [0.15, 0.2) is 48.9 Å². The van der Waals surface area contributed by atoms with Gasteiger partial charge in [-0.05, 0) is 24.3 Å². The number of rotatable bonds is 3. The molecule has 2 N–H and O–H groups in total. The van der Waals surface area contributed by atoms with Crippen molar-refractivity contribution < 1.29 is 18.3 Å². The molecule has 0 aliphatic carbocycles. The minimum atomic E-state index is -4.46. The summed E-state index contributed by atoms with van der Waals surface area (Å²) in [5, 5.41) is 12.0. The normalized spacial score (nSPS) is 11.3. The molecule has 6 nitrogen and oxygen atoms in total. The van der Waals surface area contributed by atoms with Gasteiger partial charge in [0.05, 0.1) is 11.3 Å². The molecule has 0 saturated carbocycles. The third-order valence-electron chi connectivity index (χ3n) is 3.02. The van der Waals surface area contributed by atoms with E-state index in [9.17, 15) is 18.3 Å². The van der Waals surface area contributed by atoms with Crippen LogP contribution < -0.4 is 5.32 Å². The van der Waals surface area contributed by atoms with Crippen molar-refractivity contribution in [2.45, 2.75) is 6.18 Å². The van der Waals surface area contributed by atoms with Crippen molar-refractivity contribution in [2.24, 2.45) is 0 Å². The SMILES string of the molecule is Oc1cc(-c2ccnc(Nc3cc(C(F)(F)F)ccn3)n2)ccn1. The topological polar surface area (TPSA) is 83.8 Å². The van der Waals surface area contributed by atoms with Gasteiger partial charge in [-0.1, -0.05) is 0 Å². The van der Waals surface area contributed by atoms with Crippen molar-refractivity contribution in [3.05, 3.63) is 54.5 Å². The Hall–Kier alpha value is -3.23. The highest BCUT2D eigenvalue weighted by molar-refractivity contribution is 5.61. The molecule has 3 aromatic heterocycles. The third-order valence-corrected chi connectivity index (χ3v) is 3.02. The lowest BCUT2D eigenvalue weighted by Gasteiger charge is -2.09. The maximum absolute atomic E-state index is 12.7. The van der Waals surface area contributed by atoms with E-state index in [2.05, 4.69) is 25.3 Å². The molecular weight excluding hydrogens is 323 g/mol. The molecule has 3 rings (SSSR count). The standard InChI is InChI=1S/C15H10F3N5O/c16-15(17,18)10-2-5-19-12(8-10)23-14-21-6-3-11(22-14)9-1-4-20-13(24)7-9/h1-8H,(H,20,24)(H,19,21,22,23). The van der Waals surface area contributed by atoms with E-state index < -0.39 is 11.7 Å². The minimum absolute atomic E-state index is 0.0282. The van der Waals surface area contributed by atoms with Crippen LogP contribution >= 0.6 is 0 Å². The van der Waals surface area contributed by atoms with Gasteiger partial charge in [0.1, 0.15) is 5.82 Å². The Bertz CT molecular complexity index is 869. The van der Waals surface area contributed by atoms with E-state index in [4.69, 9.17) is 0 Å². The quantitative estimate of drug-likeness (QED) is 0.764. The van der Waals surface area contributed by atoms with Gasteiger partial charge in [0, 0.05) is 30.2 Å².